The second-order valence-electron chi connectivity index (χ2n) is 6.34. The topological polar surface area (TPSA) is 50.1 Å². The molecule has 3 rings (SSSR count). The van der Waals surface area contributed by atoms with Crippen LogP contribution in [0.4, 0.5) is 0 Å². The number of para-hydroxylation sites is 1. The van der Waals surface area contributed by atoms with Gasteiger partial charge >= 0.3 is 0 Å². The molecule has 1 heterocycles. The van der Waals surface area contributed by atoms with Gasteiger partial charge < -0.3 is 10.4 Å². The number of aryl methyl sites for hydroxylation is 1. The summed E-state index contributed by atoms with van der Waals surface area (Å²) in [5.74, 6) is 0.605. The SMILES string of the molecule is Cc1nn(-c2ccccc2)cc1CNCC1CCCC(O)C1. The van der Waals surface area contributed by atoms with Gasteiger partial charge in [0, 0.05) is 18.3 Å². The number of hydrogen-bond donors (Lipinski definition) is 2. The van der Waals surface area contributed by atoms with Crippen molar-refractivity contribution in [3.05, 3.63) is 47.8 Å². The normalized spacial score (nSPS) is 21.9. The number of hydrogen-bond acceptors (Lipinski definition) is 3. The highest BCUT2D eigenvalue weighted by molar-refractivity contribution is 5.32. The molecule has 0 bridgehead atoms. The Labute approximate surface area is 132 Å². The summed E-state index contributed by atoms with van der Waals surface area (Å²) in [6.45, 7) is 3.87. The van der Waals surface area contributed by atoms with Crippen LogP contribution in [0.1, 0.15) is 36.9 Å². The average molecular weight is 299 g/mol. The standard InChI is InChI=1S/C18H25N3O/c1-14-16(12-19-11-15-6-5-9-18(22)10-15)13-21(20-14)17-7-3-2-4-8-17/h2-4,7-8,13,15,18-19,22H,5-6,9-12H2,1H3. The second kappa shape index (κ2) is 7.07. The van der Waals surface area contributed by atoms with Crippen LogP contribution in [0, 0.1) is 12.8 Å². The highest BCUT2D eigenvalue weighted by Gasteiger charge is 2.19. The van der Waals surface area contributed by atoms with Crippen molar-refractivity contribution in [1.82, 2.24) is 15.1 Å². The van der Waals surface area contributed by atoms with E-state index in [2.05, 4.69) is 35.7 Å². The smallest absolute Gasteiger partial charge is 0.0645 e. The van der Waals surface area contributed by atoms with Gasteiger partial charge in [-0.3, -0.25) is 0 Å². The van der Waals surface area contributed by atoms with Crippen LogP contribution in [-0.2, 0) is 6.54 Å². The minimum atomic E-state index is -0.0943. The third kappa shape index (κ3) is 3.76. The Morgan fingerprint density at radius 2 is 2.09 bits per heavy atom. The minimum absolute atomic E-state index is 0.0943. The molecule has 1 aliphatic carbocycles. The maximum atomic E-state index is 9.73. The Kier molecular flexibility index (Phi) is 4.90. The van der Waals surface area contributed by atoms with E-state index in [1.165, 1.54) is 12.0 Å². The van der Waals surface area contributed by atoms with Gasteiger partial charge in [-0.25, -0.2) is 4.68 Å². The van der Waals surface area contributed by atoms with E-state index in [-0.39, 0.29) is 6.10 Å². The van der Waals surface area contributed by atoms with Crippen LogP contribution in [0.5, 0.6) is 0 Å². The largest absolute Gasteiger partial charge is 0.393 e. The molecule has 118 valence electrons. The highest BCUT2D eigenvalue weighted by Crippen LogP contribution is 2.23. The number of nitrogens with zero attached hydrogens (tertiary/aromatic N) is 2. The zero-order valence-electron chi connectivity index (χ0n) is 13.2. The quantitative estimate of drug-likeness (QED) is 0.892. The number of aliphatic hydroxyl groups excluding tert-OH is 1. The predicted molar refractivity (Wildman–Crippen MR) is 88.0 cm³/mol. The molecule has 2 N–H and O–H groups in total. The molecule has 0 amide bonds. The van der Waals surface area contributed by atoms with E-state index in [0.29, 0.717) is 5.92 Å². The molecule has 22 heavy (non-hydrogen) atoms. The summed E-state index contributed by atoms with van der Waals surface area (Å²) in [6, 6.07) is 10.2. The van der Waals surface area contributed by atoms with Crippen LogP contribution in [-0.4, -0.2) is 27.5 Å². The van der Waals surface area contributed by atoms with E-state index in [9.17, 15) is 5.11 Å². The van der Waals surface area contributed by atoms with Crippen molar-refractivity contribution >= 4 is 0 Å². The molecule has 1 saturated carbocycles. The fourth-order valence-electron chi connectivity index (χ4n) is 3.24. The zero-order valence-corrected chi connectivity index (χ0v) is 13.2. The second-order valence-corrected chi connectivity index (χ2v) is 6.34. The van der Waals surface area contributed by atoms with Gasteiger partial charge in [0.25, 0.3) is 0 Å². The maximum absolute atomic E-state index is 9.73. The molecule has 2 aromatic rings. The number of benzene rings is 1. The third-order valence-corrected chi connectivity index (χ3v) is 4.52. The summed E-state index contributed by atoms with van der Waals surface area (Å²) in [7, 11) is 0. The predicted octanol–water partition coefficient (Wildman–Crippen LogP) is 2.82. The zero-order chi connectivity index (χ0) is 15.4. The highest BCUT2D eigenvalue weighted by atomic mass is 16.3. The Morgan fingerprint density at radius 1 is 1.27 bits per heavy atom. The van der Waals surface area contributed by atoms with Crippen molar-refractivity contribution in [3.8, 4) is 5.69 Å². The summed E-state index contributed by atoms with van der Waals surface area (Å²) in [6.07, 6.45) is 6.30. The first kappa shape index (κ1) is 15.3. The first-order valence-corrected chi connectivity index (χ1v) is 8.21. The van der Waals surface area contributed by atoms with Crippen LogP contribution in [0.15, 0.2) is 36.5 Å². The van der Waals surface area contributed by atoms with Crippen molar-refractivity contribution < 1.29 is 5.11 Å². The Bertz CT molecular complexity index is 594. The van der Waals surface area contributed by atoms with Crippen molar-refractivity contribution in [1.29, 1.82) is 0 Å². The van der Waals surface area contributed by atoms with Crippen LogP contribution < -0.4 is 5.32 Å². The first-order valence-electron chi connectivity index (χ1n) is 8.21. The van der Waals surface area contributed by atoms with Gasteiger partial charge in [-0.1, -0.05) is 24.6 Å². The van der Waals surface area contributed by atoms with E-state index >= 15 is 0 Å². The lowest BCUT2D eigenvalue weighted by Crippen LogP contribution is -2.28. The van der Waals surface area contributed by atoms with E-state index in [0.717, 1.165) is 43.7 Å². The number of aliphatic hydroxyl groups is 1. The Balaban J connectivity index is 1.56. The summed E-state index contributed by atoms with van der Waals surface area (Å²) < 4.78 is 1.94. The molecule has 0 spiro atoms. The molecule has 0 radical (unpaired) electrons. The van der Waals surface area contributed by atoms with E-state index in [4.69, 9.17) is 0 Å². The van der Waals surface area contributed by atoms with E-state index in [1.54, 1.807) is 0 Å². The molecule has 1 aliphatic rings. The molecule has 2 atom stereocenters. The molecule has 1 aromatic carbocycles. The van der Waals surface area contributed by atoms with Crippen molar-refractivity contribution in [3.63, 3.8) is 0 Å². The lowest BCUT2D eigenvalue weighted by atomic mass is 9.87. The lowest BCUT2D eigenvalue weighted by Gasteiger charge is -2.25. The van der Waals surface area contributed by atoms with Crippen LogP contribution in [0.3, 0.4) is 0 Å². The van der Waals surface area contributed by atoms with E-state index in [1.807, 2.05) is 22.9 Å². The fourth-order valence-corrected chi connectivity index (χ4v) is 3.24. The molecular weight excluding hydrogens is 274 g/mol. The van der Waals surface area contributed by atoms with Gasteiger partial charge in [0.2, 0.25) is 0 Å². The summed E-state index contributed by atoms with van der Waals surface area (Å²) in [4.78, 5) is 0. The summed E-state index contributed by atoms with van der Waals surface area (Å²) in [5.41, 5.74) is 3.40. The summed E-state index contributed by atoms with van der Waals surface area (Å²) in [5, 5.41) is 17.9. The Hall–Kier alpha value is -1.65. The van der Waals surface area contributed by atoms with Crippen LogP contribution >= 0.6 is 0 Å². The van der Waals surface area contributed by atoms with Gasteiger partial charge in [-0.05, 0) is 50.8 Å². The van der Waals surface area contributed by atoms with Crippen molar-refractivity contribution in [2.24, 2.45) is 5.92 Å². The van der Waals surface area contributed by atoms with Gasteiger partial charge in [0.15, 0.2) is 0 Å². The first-order chi connectivity index (χ1) is 10.7. The third-order valence-electron chi connectivity index (χ3n) is 4.52. The van der Waals surface area contributed by atoms with E-state index < -0.39 is 0 Å². The van der Waals surface area contributed by atoms with Crippen LogP contribution in [0.2, 0.25) is 0 Å². The Morgan fingerprint density at radius 3 is 2.86 bits per heavy atom. The fraction of sp³-hybridized carbons (Fsp3) is 0.500. The van der Waals surface area contributed by atoms with Gasteiger partial charge in [0.1, 0.15) is 0 Å². The van der Waals surface area contributed by atoms with Gasteiger partial charge in [-0.15, -0.1) is 0 Å². The molecule has 4 nitrogen and oxygen atoms in total. The number of nitrogens with one attached hydrogen (secondary N) is 1. The lowest BCUT2D eigenvalue weighted by molar-refractivity contribution is 0.101. The molecule has 0 aliphatic heterocycles. The molecule has 2 unspecified atom stereocenters. The molecule has 4 heteroatoms. The average Bonchev–Trinajstić information content (AvgIpc) is 2.90. The number of aromatic nitrogens is 2. The van der Waals surface area contributed by atoms with Crippen molar-refractivity contribution in [2.75, 3.05) is 6.54 Å². The van der Waals surface area contributed by atoms with Gasteiger partial charge in [0.05, 0.1) is 17.5 Å². The molecule has 0 saturated heterocycles. The van der Waals surface area contributed by atoms with Gasteiger partial charge in [-0.2, -0.15) is 5.10 Å². The van der Waals surface area contributed by atoms with Crippen LogP contribution in [0.25, 0.3) is 5.69 Å². The number of rotatable bonds is 5. The monoisotopic (exact) mass is 299 g/mol. The minimum Gasteiger partial charge on any atom is -0.393 e. The molecule has 1 fully saturated rings. The molecule has 1 aromatic heterocycles. The van der Waals surface area contributed by atoms with Crippen molar-refractivity contribution in [2.45, 2.75) is 45.3 Å². The summed E-state index contributed by atoms with van der Waals surface area (Å²) >= 11 is 0. The molecular formula is C18H25N3O. The maximum Gasteiger partial charge on any atom is 0.0645 e.